The van der Waals surface area contributed by atoms with Crippen molar-refractivity contribution in [2.24, 2.45) is 5.92 Å². The molecule has 128 valence electrons. The summed E-state index contributed by atoms with van der Waals surface area (Å²) >= 11 is 0. The van der Waals surface area contributed by atoms with Gasteiger partial charge in [-0.05, 0) is 30.0 Å². The molecule has 2 N–H and O–H groups in total. The summed E-state index contributed by atoms with van der Waals surface area (Å²) < 4.78 is 23.7. The molecule has 0 aliphatic heterocycles. The van der Waals surface area contributed by atoms with Crippen molar-refractivity contribution in [2.75, 3.05) is 6.26 Å². The fraction of sp³-hybridized carbons (Fsp3) is 0.500. The molecule has 1 amide bonds. The number of carbonyl (C=O) groups is 2. The molecule has 7 heteroatoms. The summed E-state index contributed by atoms with van der Waals surface area (Å²) in [5, 5.41) is 11.7. The van der Waals surface area contributed by atoms with E-state index in [9.17, 15) is 23.1 Å². The third-order valence-electron chi connectivity index (χ3n) is 3.88. The number of hydrogen-bond acceptors (Lipinski definition) is 4. The Balaban J connectivity index is 3.16. The number of sulfone groups is 1. The third-order valence-corrected chi connectivity index (χ3v) is 5.05. The van der Waals surface area contributed by atoms with Gasteiger partial charge in [-0.15, -0.1) is 0 Å². The Labute approximate surface area is 136 Å². The Hall–Kier alpha value is -1.89. The van der Waals surface area contributed by atoms with Gasteiger partial charge in [0.05, 0.1) is 4.90 Å². The van der Waals surface area contributed by atoms with Gasteiger partial charge < -0.3 is 10.4 Å². The van der Waals surface area contributed by atoms with Crippen LogP contribution in [0, 0.1) is 5.92 Å². The monoisotopic (exact) mass is 341 g/mol. The quantitative estimate of drug-likeness (QED) is 0.788. The highest BCUT2D eigenvalue weighted by molar-refractivity contribution is 7.90. The maximum absolute atomic E-state index is 12.3. The van der Waals surface area contributed by atoms with E-state index in [2.05, 4.69) is 5.32 Å². The molecule has 1 aromatic carbocycles. The molecule has 1 rings (SSSR count). The van der Waals surface area contributed by atoms with E-state index in [4.69, 9.17) is 0 Å². The van der Waals surface area contributed by atoms with Crippen molar-refractivity contribution in [1.82, 2.24) is 5.32 Å². The molecule has 0 aliphatic carbocycles. The van der Waals surface area contributed by atoms with Crippen LogP contribution in [0.15, 0.2) is 23.1 Å². The second kappa shape index (κ2) is 7.59. The molecular weight excluding hydrogens is 318 g/mol. The Morgan fingerprint density at radius 3 is 2.30 bits per heavy atom. The minimum atomic E-state index is -3.46. The molecular formula is C16H23NO5S. The predicted molar refractivity (Wildman–Crippen MR) is 87.3 cm³/mol. The molecule has 0 unspecified atom stereocenters. The van der Waals surface area contributed by atoms with Gasteiger partial charge in [-0.2, -0.15) is 0 Å². The van der Waals surface area contributed by atoms with Crippen LogP contribution in [0.5, 0.6) is 0 Å². The Kier molecular flexibility index (Phi) is 6.32. The van der Waals surface area contributed by atoms with Crippen LogP contribution in [0.25, 0.3) is 0 Å². The van der Waals surface area contributed by atoms with Gasteiger partial charge in [-0.1, -0.05) is 33.3 Å². The molecule has 0 aromatic heterocycles. The average molecular weight is 341 g/mol. The third kappa shape index (κ3) is 4.79. The fourth-order valence-electron chi connectivity index (χ4n) is 2.24. The van der Waals surface area contributed by atoms with Crippen LogP contribution >= 0.6 is 0 Å². The predicted octanol–water partition coefficient (Wildman–Crippen LogP) is 1.88. The summed E-state index contributed by atoms with van der Waals surface area (Å²) in [5.74, 6) is -1.94. The van der Waals surface area contributed by atoms with E-state index >= 15 is 0 Å². The second-order valence-corrected chi connectivity index (χ2v) is 7.61. The van der Waals surface area contributed by atoms with Crippen molar-refractivity contribution in [3.63, 3.8) is 0 Å². The van der Waals surface area contributed by atoms with E-state index in [0.717, 1.165) is 6.26 Å². The van der Waals surface area contributed by atoms with Gasteiger partial charge in [0.15, 0.2) is 9.84 Å². The summed E-state index contributed by atoms with van der Waals surface area (Å²) in [6.07, 6.45) is 2.21. The van der Waals surface area contributed by atoms with Crippen molar-refractivity contribution in [3.05, 3.63) is 29.3 Å². The lowest BCUT2D eigenvalue weighted by atomic mass is 9.99. The Morgan fingerprint density at radius 1 is 1.26 bits per heavy atom. The van der Waals surface area contributed by atoms with Crippen molar-refractivity contribution >= 4 is 21.7 Å². The first-order valence-corrected chi connectivity index (χ1v) is 9.37. The lowest BCUT2D eigenvalue weighted by molar-refractivity contribution is -0.140. The summed E-state index contributed by atoms with van der Waals surface area (Å²) in [7, 11) is -3.46. The van der Waals surface area contributed by atoms with Crippen LogP contribution in [-0.2, 0) is 21.1 Å². The number of amides is 1. The van der Waals surface area contributed by atoms with Crippen LogP contribution in [0.3, 0.4) is 0 Å². The highest BCUT2D eigenvalue weighted by Gasteiger charge is 2.26. The van der Waals surface area contributed by atoms with Gasteiger partial charge in [-0.25, -0.2) is 13.2 Å². The van der Waals surface area contributed by atoms with E-state index in [1.165, 1.54) is 12.1 Å². The first-order valence-electron chi connectivity index (χ1n) is 7.48. The van der Waals surface area contributed by atoms with E-state index < -0.39 is 27.8 Å². The van der Waals surface area contributed by atoms with Gasteiger partial charge >= 0.3 is 5.97 Å². The van der Waals surface area contributed by atoms with E-state index in [1.807, 2.05) is 13.8 Å². The van der Waals surface area contributed by atoms with Gasteiger partial charge in [0.25, 0.3) is 5.91 Å². The summed E-state index contributed by atoms with van der Waals surface area (Å²) in [5.41, 5.74) is 0.762. The van der Waals surface area contributed by atoms with Gasteiger partial charge in [0.2, 0.25) is 0 Å². The first-order chi connectivity index (χ1) is 10.6. The van der Waals surface area contributed by atoms with E-state index in [-0.39, 0.29) is 16.4 Å². The molecule has 0 saturated heterocycles. The molecule has 0 spiro atoms. The highest BCUT2D eigenvalue weighted by Crippen LogP contribution is 2.19. The number of nitrogens with one attached hydrogen (secondary N) is 1. The van der Waals surface area contributed by atoms with Gasteiger partial charge in [0, 0.05) is 11.8 Å². The SMILES string of the molecule is CCc1ccc(C(=O)N[C@H](C(=O)O)[C@@H](C)CC)cc1S(C)(=O)=O. The molecule has 0 bridgehead atoms. The largest absolute Gasteiger partial charge is 0.480 e. The number of aliphatic carboxylic acids is 1. The maximum Gasteiger partial charge on any atom is 0.326 e. The van der Waals surface area contributed by atoms with Crippen LogP contribution in [-0.4, -0.2) is 37.7 Å². The number of benzene rings is 1. The highest BCUT2D eigenvalue weighted by atomic mass is 32.2. The second-order valence-electron chi connectivity index (χ2n) is 5.62. The maximum atomic E-state index is 12.3. The summed E-state index contributed by atoms with van der Waals surface area (Å²) in [4.78, 5) is 23.7. The fourth-order valence-corrected chi connectivity index (χ4v) is 3.27. The topological polar surface area (TPSA) is 101 Å². The lowest BCUT2D eigenvalue weighted by Crippen LogP contribution is -2.45. The zero-order chi connectivity index (χ0) is 17.8. The summed E-state index contributed by atoms with van der Waals surface area (Å²) in [6.45, 7) is 5.40. The summed E-state index contributed by atoms with van der Waals surface area (Å²) in [6, 6.07) is 3.39. The van der Waals surface area contributed by atoms with Crippen molar-refractivity contribution in [1.29, 1.82) is 0 Å². The van der Waals surface area contributed by atoms with Gasteiger partial charge in [-0.3, -0.25) is 4.79 Å². The molecule has 6 nitrogen and oxygen atoms in total. The zero-order valence-corrected chi connectivity index (χ0v) is 14.6. The Bertz CT molecular complexity index is 696. The van der Waals surface area contributed by atoms with Crippen LogP contribution < -0.4 is 5.32 Å². The molecule has 0 heterocycles. The number of aryl methyl sites for hydroxylation is 1. The Morgan fingerprint density at radius 2 is 1.87 bits per heavy atom. The van der Waals surface area contributed by atoms with Crippen LogP contribution in [0.1, 0.15) is 43.1 Å². The minimum absolute atomic E-state index is 0.100. The number of rotatable bonds is 7. The van der Waals surface area contributed by atoms with Crippen LogP contribution in [0.4, 0.5) is 0 Å². The zero-order valence-electron chi connectivity index (χ0n) is 13.8. The lowest BCUT2D eigenvalue weighted by Gasteiger charge is -2.20. The number of carboxylic acid groups (broad SMARTS) is 1. The molecule has 2 atom stereocenters. The van der Waals surface area contributed by atoms with Crippen LogP contribution in [0.2, 0.25) is 0 Å². The number of carbonyl (C=O) groups excluding carboxylic acids is 1. The standard InChI is InChI=1S/C16H23NO5S/c1-5-10(3)14(16(19)20)17-15(18)12-8-7-11(6-2)13(9-12)23(4,21)22/h7-10,14H,5-6H2,1-4H3,(H,17,18)(H,19,20)/t10-,14-/m0/s1. The first kappa shape index (κ1) is 19.2. The molecule has 0 saturated carbocycles. The normalized spacial score (nSPS) is 14.1. The number of hydrogen-bond donors (Lipinski definition) is 2. The van der Waals surface area contributed by atoms with E-state index in [0.29, 0.717) is 18.4 Å². The minimum Gasteiger partial charge on any atom is -0.480 e. The van der Waals surface area contributed by atoms with Gasteiger partial charge in [0.1, 0.15) is 6.04 Å². The smallest absolute Gasteiger partial charge is 0.326 e. The average Bonchev–Trinajstić information content (AvgIpc) is 2.49. The van der Waals surface area contributed by atoms with Crippen molar-refractivity contribution < 1.29 is 23.1 Å². The molecule has 0 radical (unpaired) electrons. The molecule has 1 aromatic rings. The molecule has 0 aliphatic rings. The molecule has 0 fully saturated rings. The van der Waals surface area contributed by atoms with Crippen molar-refractivity contribution in [2.45, 2.75) is 44.6 Å². The molecule has 23 heavy (non-hydrogen) atoms. The van der Waals surface area contributed by atoms with Crippen molar-refractivity contribution in [3.8, 4) is 0 Å². The number of carboxylic acids is 1. The van der Waals surface area contributed by atoms with E-state index in [1.54, 1.807) is 13.0 Å².